The van der Waals surface area contributed by atoms with E-state index in [2.05, 4.69) is 5.32 Å². The molecule has 2 heterocycles. The molecule has 1 fully saturated rings. The summed E-state index contributed by atoms with van der Waals surface area (Å²) in [4.78, 5) is 14.5. The Morgan fingerprint density at radius 3 is 3.15 bits per heavy atom. The highest BCUT2D eigenvalue weighted by atomic mass is 16.5. The first-order valence-corrected chi connectivity index (χ1v) is 7.12. The molecule has 2 aliphatic heterocycles. The minimum atomic E-state index is -0.0947. The molecule has 0 bridgehead atoms. The van der Waals surface area contributed by atoms with E-state index in [-0.39, 0.29) is 11.8 Å². The van der Waals surface area contributed by atoms with Crippen LogP contribution in [0.5, 0.6) is 5.75 Å². The molecule has 0 aliphatic carbocycles. The number of carbonyl (C=O) groups excluding carboxylic acids is 1. The van der Waals surface area contributed by atoms with Gasteiger partial charge in [-0.05, 0) is 6.07 Å². The molecular weight excluding hydrogens is 256 g/mol. The molecule has 20 heavy (non-hydrogen) atoms. The van der Waals surface area contributed by atoms with Crippen LogP contribution in [0.25, 0.3) is 0 Å². The van der Waals surface area contributed by atoms with Crippen molar-refractivity contribution in [3.05, 3.63) is 29.8 Å². The summed E-state index contributed by atoms with van der Waals surface area (Å²) < 4.78 is 11.2. The van der Waals surface area contributed by atoms with Gasteiger partial charge >= 0.3 is 0 Å². The molecule has 1 aromatic carbocycles. The van der Waals surface area contributed by atoms with E-state index in [4.69, 9.17) is 9.47 Å². The molecule has 1 amide bonds. The van der Waals surface area contributed by atoms with Gasteiger partial charge in [-0.3, -0.25) is 4.79 Å². The summed E-state index contributed by atoms with van der Waals surface area (Å²) in [6.45, 7) is 4.48. The SMILES string of the molecule is O=C(C1CNCCOC1)N1CCOc2ccccc2C1. The monoisotopic (exact) mass is 276 g/mol. The predicted molar refractivity (Wildman–Crippen MR) is 74.5 cm³/mol. The van der Waals surface area contributed by atoms with Gasteiger partial charge in [0.05, 0.1) is 25.7 Å². The standard InChI is InChI=1S/C15H20N2O3/c18-15(13-9-16-5-7-19-11-13)17-6-8-20-14-4-2-1-3-12(14)10-17/h1-4,13,16H,5-11H2. The van der Waals surface area contributed by atoms with E-state index >= 15 is 0 Å². The van der Waals surface area contributed by atoms with Crippen molar-refractivity contribution in [2.24, 2.45) is 5.92 Å². The molecule has 1 saturated heterocycles. The molecule has 108 valence electrons. The lowest BCUT2D eigenvalue weighted by Gasteiger charge is -2.24. The number of hydrogen-bond donors (Lipinski definition) is 1. The number of nitrogens with zero attached hydrogens (tertiary/aromatic N) is 1. The van der Waals surface area contributed by atoms with Crippen LogP contribution in [0, 0.1) is 5.92 Å². The van der Waals surface area contributed by atoms with Gasteiger partial charge in [-0.25, -0.2) is 0 Å². The number of fused-ring (bicyclic) bond motifs is 1. The first-order valence-electron chi connectivity index (χ1n) is 7.12. The smallest absolute Gasteiger partial charge is 0.229 e. The van der Waals surface area contributed by atoms with E-state index in [0.717, 1.165) is 17.9 Å². The van der Waals surface area contributed by atoms with Crippen molar-refractivity contribution in [3.8, 4) is 5.75 Å². The summed E-state index contributed by atoms with van der Waals surface area (Å²) in [6, 6.07) is 7.91. The Morgan fingerprint density at radius 2 is 2.20 bits per heavy atom. The molecule has 0 spiro atoms. The zero-order chi connectivity index (χ0) is 13.8. The summed E-state index contributed by atoms with van der Waals surface area (Å²) in [6.07, 6.45) is 0. The third-order valence-corrected chi connectivity index (χ3v) is 3.75. The molecule has 0 radical (unpaired) electrons. The van der Waals surface area contributed by atoms with Crippen molar-refractivity contribution in [3.63, 3.8) is 0 Å². The first-order chi connectivity index (χ1) is 9.84. The van der Waals surface area contributed by atoms with Crippen LogP contribution in [0.3, 0.4) is 0 Å². The maximum atomic E-state index is 12.6. The van der Waals surface area contributed by atoms with Gasteiger partial charge in [0, 0.05) is 25.2 Å². The van der Waals surface area contributed by atoms with Crippen LogP contribution in [0.4, 0.5) is 0 Å². The summed E-state index contributed by atoms with van der Waals surface area (Å²) in [5.41, 5.74) is 1.07. The summed E-state index contributed by atoms with van der Waals surface area (Å²) >= 11 is 0. The fourth-order valence-electron chi connectivity index (χ4n) is 2.64. The van der Waals surface area contributed by atoms with Crippen LogP contribution >= 0.6 is 0 Å². The normalized spacial score (nSPS) is 23.2. The highest BCUT2D eigenvalue weighted by molar-refractivity contribution is 5.79. The van der Waals surface area contributed by atoms with Gasteiger partial charge < -0.3 is 19.7 Å². The van der Waals surface area contributed by atoms with Crippen molar-refractivity contribution in [1.82, 2.24) is 10.2 Å². The van der Waals surface area contributed by atoms with Crippen LogP contribution < -0.4 is 10.1 Å². The Bertz CT molecular complexity index is 470. The lowest BCUT2D eigenvalue weighted by molar-refractivity contribution is -0.137. The predicted octanol–water partition coefficient (Wildman–Crippen LogP) is 0.644. The van der Waals surface area contributed by atoms with E-state index in [1.54, 1.807) is 0 Å². The van der Waals surface area contributed by atoms with Crippen molar-refractivity contribution >= 4 is 5.91 Å². The fourth-order valence-corrected chi connectivity index (χ4v) is 2.64. The van der Waals surface area contributed by atoms with Gasteiger partial charge in [0.1, 0.15) is 12.4 Å². The first kappa shape index (κ1) is 13.4. The van der Waals surface area contributed by atoms with Gasteiger partial charge in [-0.1, -0.05) is 18.2 Å². The largest absolute Gasteiger partial charge is 0.491 e. The molecule has 5 nitrogen and oxygen atoms in total. The van der Waals surface area contributed by atoms with Crippen molar-refractivity contribution in [2.75, 3.05) is 39.5 Å². The number of ether oxygens (including phenoxy) is 2. The Morgan fingerprint density at radius 1 is 1.30 bits per heavy atom. The van der Waals surface area contributed by atoms with Gasteiger partial charge in [0.25, 0.3) is 0 Å². The van der Waals surface area contributed by atoms with E-state index in [0.29, 0.717) is 39.5 Å². The lowest BCUT2D eigenvalue weighted by Crippen LogP contribution is -2.41. The second-order valence-electron chi connectivity index (χ2n) is 5.19. The molecule has 0 saturated carbocycles. The summed E-state index contributed by atoms with van der Waals surface area (Å²) in [5, 5.41) is 3.25. The van der Waals surface area contributed by atoms with Crippen LogP contribution in [0.15, 0.2) is 24.3 Å². The van der Waals surface area contributed by atoms with Crippen LogP contribution in [-0.4, -0.2) is 50.3 Å². The molecule has 1 N–H and O–H groups in total. The van der Waals surface area contributed by atoms with E-state index < -0.39 is 0 Å². The van der Waals surface area contributed by atoms with Crippen molar-refractivity contribution in [1.29, 1.82) is 0 Å². The Balaban J connectivity index is 1.71. The van der Waals surface area contributed by atoms with E-state index in [1.165, 1.54) is 0 Å². The topological polar surface area (TPSA) is 50.8 Å². The zero-order valence-electron chi connectivity index (χ0n) is 11.5. The molecule has 5 heteroatoms. The average Bonchev–Trinajstić information content (AvgIpc) is 2.87. The molecule has 2 aliphatic rings. The third kappa shape index (κ3) is 2.94. The number of para-hydroxylation sites is 1. The summed E-state index contributed by atoms with van der Waals surface area (Å²) in [5.74, 6) is 0.945. The molecule has 1 unspecified atom stereocenters. The average molecular weight is 276 g/mol. The molecule has 0 aromatic heterocycles. The maximum absolute atomic E-state index is 12.6. The number of nitrogens with one attached hydrogen (secondary N) is 1. The number of rotatable bonds is 1. The van der Waals surface area contributed by atoms with Gasteiger partial charge in [-0.2, -0.15) is 0 Å². The Hall–Kier alpha value is -1.59. The third-order valence-electron chi connectivity index (χ3n) is 3.75. The van der Waals surface area contributed by atoms with Crippen molar-refractivity contribution in [2.45, 2.75) is 6.54 Å². The van der Waals surface area contributed by atoms with E-state index in [9.17, 15) is 4.79 Å². The molecule has 1 aromatic rings. The fraction of sp³-hybridized carbons (Fsp3) is 0.533. The van der Waals surface area contributed by atoms with Crippen LogP contribution in [0.2, 0.25) is 0 Å². The maximum Gasteiger partial charge on any atom is 0.229 e. The Labute approximate surface area is 118 Å². The lowest BCUT2D eigenvalue weighted by atomic mass is 10.1. The van der Waals surface area contributed by atoms with Crippen molar-refractivity contribution < 1.29 is 14.3 Å². The Kier molecular flexibility index (Phi) is 4.18. The van der Waals surface area contributed by atoms with Gasteiger partial charge in [-0.15, -0.1) is 0 Å². The second kappa shape index (κ2) is 6.24. The number of benzene rings is 1. The van der Waals surface area contributed by atoms with Crippen LogP contribution in [-0.2, 0) is 16.1 Å². The molecule has 1 atom stereocenters. The second-order valence-corrected chi connectivity index (χ2v) is 5.19. The van der Waals surface area contributed by atoms with Gasteiger partial charge in [0.2, 0.25) is 5.91 Å². The molecule has 3 rings (SSSR count). The number of hydrogen-bond acceptors (Lipinski definition) is 4. The minimum absolute atomic E-state index is 0.0947. The van der Waals surface area contributed by atoms with Gasteiger partial charge in [0.15, 0.2) is 0 Å². The highest BCUT2D eigenvalue weighted by Gasteiger charge is 2.27. The number of amides is 1. The highest BCUT2D eigenvalue weighted by Crippen LogP contribution is 2.23. The zero-order valence-corrected chi connectivity index (χ0v) is 11.5. The minimum Gasteiger partial charge on any atom is -0.491 e. The molecular formula is C15H20N2O3. The number of carbonyl (C=O) groups is 1. The summed E-state index contributed by atoms with van der Waals surface area (Å²) in [7, 11) is 0. The van der Waals surface area contributed by atoms with E-state index in [1.807, 2.05) is 29.2 Å². The van der Waals surface area contributed by atoms with Crippen LogP contribution in [0.1, 0.15) is 5.56 Å². The quantitative estimate of drug-likeness (QED) is 0.818.